The Bertz CT molecular complexity index is 638. The number of fused-ring (bicyclic) bond motifs is 1. The molecule has 1 aliphatic carbocycles. The summed E-state index contributed by atoms with van der Waals surface area (Å²) in [7, 11) is 0. The van der Waals surface area contributed by atoms with Crippen LogP contribution in [0.4, 0.5) is 5.82 Å². The van der Waals surface area contributed by atoms with Gasteiger partial charge in [0.05, 0.1) is 0 Å². The van der Waals surface area contributed by atoms with Crippen LogP contribution in [0, 0.1) is 5.92 Å². The van der Waals surface area contributed by atoms with Gasteiger partial charge in [0.2, 0.25) is 5.91 Å². The monoisotopic (exact) mass is 319 g/mol. The molecule has 98 valence electrons. The molecule has 0 aliphatic heterocycles. The number of pyridine rings is 1. The van der Waals surface area contributed by atoms with Crippen molar-refractivity contribution in [2.75, 3.05) is 5.32 Å². The zero-order valence-corrected chi connectivity index (χ0v) is 11.9. The van der Waals surface area contributed by atoms with E-state index in [-0.39, 0.29) is 17.9 Å². The summed E-state index contributed by atoms with van der Waals surface area (Å²) in [5.74, 6) is 0.648. The summed E-state index contributed by atoms with van der Waals surface area (Å²) in [6.45, 7) is 0. The zero-order chi connectivity index (χ0) is 13.4. The summed E-state index contributed by atoms with van der Waals surface area (Å²) >= 11 is 3.44. The van der Waals surface area contributed by atoms with Crippen molar-refractivity contribution in [3.05, 3.63) is 34.9 Å². The highest BCUT2D eigenvalue weighted by molar-refractivity contribution is 9.10. The predicted octanol–water partition coefficient (Wildman–Crippen LogP) is 2.67. The Morgan fingerprint density at radius 3 is 2.84 bits per heavy atom. The van der Waals surface area contributed by atoms with Crippen LogP contribution in [0.1, 0.15) is 12.8 Å². The van der Waals surface area contributed by atoms with Gasteiger partial charge in [-0.25, -0.2) is 4.98 Å². The number of aromatic nitrogens is 1. The first-order chi connectivity index (χ1) is 9.11. The molecule has 0 saturated heterocycles. The molecule has 3 rings (SSSR count). The van der Waals surface area contributed by atoms with Gasteiger partial charge in [-0.15, -0.1) is 0 Å². The molecule has 1 aromatic heterocycles. The maximum absolute atomic E-state index is 11.9. The van der Waals surface area contributed by atoms with E-state index in [2.05, 4.69) is 26.2 Å². The number of benzene rings is 1. The number of carbonyl (C=O) groups excluding carboxylic acids is 1. The minimum Gasteiger partial charge on any atom is -0.328 e. The Hall–Kier alpha value is -1.46. The summed E-state index contributed by atoms with van der Waals surface area (Å²) < 4.78 is 1.01. The molecule has 2 aromatic rings. The van der Waals surface area contributed by atoms with E-state index in [1.165, 1.54) is 0 Å². The number of nitrogens with zero attached hydrogens (tertiary/aromatic N) is 1. The van der Waals surface area contributed by atoms with Gasteiger partial charge in [-0.3, -0.25) is 4.79 Å². The minimum absolute atomic E-state index is 0.0172. The van der Waals surface area contributed by atoms with Gasteiger partial charge in [0.15, 0.2) is 0 Å². The van der Waals surface area contributed by atoms with Crippen LogP contribution in [0.25, 0.3) is 10.8 Å². The molecule has 1 amide bonds. The number of hydrogen-bond donors (Lipinski definition) is 2. The highest BCUT2D eigenvalue weighted by Crippen LogP contribution is 2.27. The topological polar surface area (TPSA) is 68.0 Å². The molecule has 5 heteroatoms. The first kappa shape index (κ1) is 12.6. The lowest BCUT2D eigenvalue weighted by molar-refractivity contribution is -0.122. The largest absolute Gasteiger partial charge is 0.328 e. The molecule has 0 spiro atoms. The maximum atomic E-state index is 11.9. The van der Waals surface area contributed by atoms with E-state index in [0.29, 0.717) is 5.82 Å². The highest BCUT2D eigenvalue weighted by atomic mass is 79.9. The van der Waals surface area contributed by atoms with Crippen LogP contribution in [0.5, 0.6) is 0 Å². The number of hydrogen-bond acceptors (Lipinski definition) is 3. The lowest BCUT2D eigenvalue weighted by atomic mass is 9.80. The number of nitrogens with two attached hydrogens (primary N) is 1. The maximum Gasteiger partial charge on any atom is 0.228 e. The third-order valence-corrected chi connectivity index (χ3v) is 3.97. The molecule has 1 heterocycles. The van der Waals surface area contributed by atoms with Crippen LogP contribution < -0.4 is 11.1 Å². The summed E-state index contributed by atoms with van der Waals surface area (Å²) in [6, 6.07) is 8.03. The molecule has 4 nitrogen and oxygen atoms in total. The van der Waals surface area contributed by atoms with E-state index in [0.717, 1.165) is 28.1 Å². The van der Waals surface area contributed by atoms with Crippen molar-refractivity contribution in [2.24, 2.45) is 11.7 Å². The molecule has 1 saturated carbocycles. The van der Waals surface area contributed by atoms with Crippen molar-refractivity contribution >= 4 is 38.4 Å². The Kier molecular flexibility index (Phi) is 3.24. The molecule has 1 fully saturated rings. The zero-order valence-electron chi connectivity index (χ0n) is 10.3. The van der Waals surface area contributed by atoms with Crippen molar-refractivity contribution in [3.63, 3.8) is 0 Å². The molecule has 0 unspecified atom stereocenters. The summed E-state index contributed by atoms with van der Waals surface area (Å²) in [5.41, 5.74) is 5.69. The van der Waals surface area contributed by atoms with Gasteiger partial charge in [-0.1, -0.05) is 22.0 Å². The summed E-state index contributed by atoms with van der Waals surface area (Å²) in [4.78, 5) is 16.2. The second-order valence-corrected chi connectivity index (χ2v) is 5.89. The number of nitrogens with one attached hydrogen (secondary N) is 1. The van der Waals surface area contributed by atoms with E-state index < -0.39 is 0 Å². The quantitative estimate of drug-likeness (QED) is 0.894. The van der Waals surface area contributed by atoms with Crippen LogP contribution in [0.3, 0.4) is 0 Å². The summed E-state index contributed by atoms with van der Waals surface area (Å²) in [5, 5.41) is 4.95. The molecule has 3 N–H and O–H groups in total. The fourth-order valence-electron chi connectivity index (χ4n) is 2.28. The third-order valence-electron chi connectivity index (χ3n) is 3.48. The van der Waals surface area contributed by atoms with Crippen LogP contribution in [-0.4, -0.2) is 16.9 Å². The van der Waals surface area contributed by atoms with E-state index in [9.17, 15) is 4.79 Å². The van der Waals surface area contributed by atoms with Crippen LogP contribution in [0.15, 0.2) is 34.9 Å². The van der Waals surface area contributed by atoms with E-state index in [4.69, 9.17) is 5.73 Å². The van der Waals surface area contributed by atoms with Crippen molar-refractivity contribution in [3.8, 4) is 0 Å². The molecular formula is C14H14BrN3O. The van der Waals surface area contributed by atoms with Gasteiger partial charge in [0.25, 0.3) is 0 Å². The van der Waals surface area contributed by atoms with Crippen molar-refractivity contribution < 1.29 is 4.79 Å². The molecular weight excluding hydrogens is 306 g/mol. The van der Waals surface area contributed by atoms with E-state index >= 15 is 0 Å². The molecule has 0 bridgehead atoms. The number of rotatable bonds is 2. The van der Waals surface area contributed by atoms with E-state index in [1.807, 2.05) is 24.3 Å². The Balaban J connectivity index is 1.79. The van der Waals surface area contributed by atoms with Gasteiger partial charge >= 0.3 is 0 Å². The Morgan fingerprint density at radius 2 is 2.11 bits per heavy atom. The van der Waals surface area contributed by atoms with Gasteiger partial charge in [0, 0.05) is 28.0 Å². The van der Waals surface area contributed by atoms with Crippen molar-refractivity contribution in [1.29, 1.82) is 0 Å². The third kappa shape index (κ3) is 2.62. The highest BCUT2D eigenvalue weighted by Gasteiger charge is 2.32. The minimum atomic E-state index is 0.0172. The fourth-order valence-corrected chi connectivity index (χ4v) is 2.66. The number of halogens is 1. The fraction of sp³-hybridized carbons (Fsp3) is 0.286. The number of carbonyl (C=O) groups is 1. The average Bonchev–Trinajstić information content (AvgIpc) is 2.34. The molecule has 19 heavy (non-hydrogen) atoms. The van der Waals surface area contributed by atoms with Gasteiger partial charge in [-0.2, -0.15) is 0 Å². The standard InChI is InChI=1S/C14H14BrN3O/c15-11-2-1-8-7-17-13(6-9(8)3-11)18-14(19)10-4-12(16)5-10/h1-3,6-7,10,12H,4-5,16H2,(H,17,18,19). The lowest BCUT2D eigenvalue weighted by Crippen LogP contribution is -2.42. The van der Waals surface area contributed by atoms with Crippen LogP contribution in [-0.2, 0) is 4.79 Å². The number of amides is 1. The first-order valence-corrected chi connectivity index (χ1v) is 7.03. The Morgan fingerprint density at radius 1 is 1.32 bits per heavy atom. The second-order valence-electron chi connectivity index (χ2n) is 4.98. The van der Waals surface area contributed by atoms with Crippen LogP contribution >= 0.6 is 15.9 Å². The van der Waals surface area contributed by atoms with Gasteiger partial charge in [-0.05, 0) is 36.4 Å². The molecule has 1 aromatic carbocycles. The SMILES string of the molecule is NC1CC(C(=O)Nc2cc3cc(Br)ccc3cn2)C1. The first-order valence-electron chi connectivity index (χ1n) is 6.23. The number of anilines is 1. The van der Waals surface area contributed by atoms with E-state index in [1.54, 1.807) is 6.20 Å². The molecule has 0 radical (unpaired) electrons. The van der Waals surface area contributed by atoms with Gasteiger partial charge in [0.1, 0.15) is 5.82 Å². The second kappa shape index (κ2) is 4.90. The summed E-state index contributed by atoms with van der Waals surface area (Å²) in [6.07, 6.45) is 3.31. The van der Waals surface area contributed by atoms with Gasteiger partial charge < -0.3 is 11.1 Å². The predicted molar refractivity (Wildman–Crippen MR) is 78.8 cm³/mol. The van der Waals surface area contributed by atoms with Crippen LogP contribution in [0.2, 0.25) is 0 Å². The molecule has 1 aliphatic rings. The average molecular weight is 320 g/mol. The Labute approximate surface area is 119 Å². The normalized spacial score (nSPS) is 22.0. The van der Waals surface area contributed by atoms with Crippen molar-refractivity contribution in [1.82, 2.24) is 4.98 Å². The van der Waals surface area contributed by atoms with Crippen molar-refractivity contribution in [2.45, 2.75) is 18.9 Å². The lowest BCUT2D eigenvalue weighted by Gasteiger charge is -2.30. The molecule has 0 atom stereocenters. The smallest absolute Gasteiger partial charge is 0.228 e.